The van der Waals surface area contributed by atoms with Crippen LogP contribution in [0, 0.1) is 18.3 Å². The van der Waals surface area contributed by atoms with E-state index in [0.717, 1.165) is 12.0 Å². The summed E-state index contributed by atoms with van der Waals surface area (Å²) >= 11 is 3.07. The van der Waals surface area contributed by atoms with Crippen molar-refractivity contribution in [1.82, 2.24) is 0 Å². The van der Waals surface area contributed by atoms with Crippen LogP contribution in [0.15, 0.2) is 21.6 Å². The topological polar surface area (TPSA) is 29.4 Å². The third-order valence-corrected chi connectivity index (χ3v) is 5.36. The smallest absolute Gasteiger partial charge is 0.300 e. The van der Waals surface area contributed by atoms with Crippen LogP contribution in [-0.4, -0.2) is 11.5 Å². The second kappa shape index (κ2) is 13.4. The lowest BCUT2D eigenvalue weighted by molar-refractivity contribution is -0.137. The molecule has 1 aliphatic rings. The van der Waals surface area contributed by atoms with Crippen molar-refractivity contribution >= 4 is 33.1 Å². The van der Waals surface area contributed by atoms with Gasteiger partial charge in [0.15, 0.2) is 0 Å². The second-order valence-corrected chi connectivity index (χ2v) is 10.4. The third-order valence-electron chi connectivity index (χ3n) is 4.90. The fraction of sp³-hybridized carbons (Fsp3) is 0.680. The lowest BCUT2D eigenvalue weighted by atomic mass is 9.88. The first kappa shape index (κ1) is 29.8. The van der Waals surface area contributed by atoms with Gasteiger partial charge in [0.05, 0.1) is 11.3 Å². The van der Waals surface area contributed by atoms with Gasteiger partial charge in [-0.15, -0.1) is 0 Å². The normalized spacial score (nSPS) is 14.6. The lowest BCUT2D eigenvalue weighted by Crippen LogP contribution is -2.11. The van der Waals surface area contributed by atoms with E-state index >= 15 is 0 Å². The van der Waals surface area contributed by atoms with Crippen molar-refractivity contribution in [3.05, 3.63) is 27.7 Å². The summed E-state index contributed by atoms with van der Waals surface area (Å²) in [4.78, 5) is 14.9. The maximum absolute atomic E-state index is 12.9. The van der Waals surface area contributed by atoms with Crippen molar-refractivity contribution in [2.45, 2.75) is 100 Å². The molecule has 0 aliphatic heterocycles. The van der Waals surface area contributed by atoms with Crippen molar-refractivity contribution in [2.75, 3.05) is 0 Å². The minimum atomic E-state index is -4.39. The van der Waals surface area contributed by atoms with Crippen LogP contribution in [0.25, 0.3) is 0 Å². The van der Waals surface area contributed by atoms with Gasteiger partial charge in [-0.25, -0.2) is 0 Å². The average molecular weight is 506 g/mol. The van der Waals surface area contributed by atoms with E-state index in [1.165, 1.54) is 19.3 Å². The summed E-state index contributed by atoms with van der Waals surface area (Å²) in [6.07, 6.45) is 2.09. The van der Waals surface area contributed by atoms with Gasteiger partial charge in [-0.2, -0.15) is 13.2 Å². The number of ketones is 1. The maximum Gasteiger partial charge on any atom is 0.418 e. The molecule has 0 aromatic heterocycles. The minimum Gasteiger partial charge on any atom is -0.300 e. The molecule has 1 saturated carbocycles. The number of benzene rings is 1. The van der Waals surface area contributed by atoms with Gasteiger partial charge in [0.2, 0.25) is 0 Å². The van der Waals surface area contributed by atoms with Crippen LogP contribution in [0.5, 0.6) is 0 Å². The molecule has 0 unspecified atom stereocenters. The summed E-state index contributed by atoms with van der Waals surface area (Å²) in [7, 11) is 0. The molecule has 1 aromatic rings. The highest BCUT2D eigenvalue weighted by molar-refractivity contribution is 9.10. The molecule has 0 radical (unpaired) electrons. The average Bonchev–Trinajstić information content (AvgIpc) is 2.60. The molecular formula is C25H39BrF3NO. The van der Waals surface area contributed by atoms with Gasteiger partial charge in [0.1, 0.15) is 5.78 Å². The Bertz CT molecular complexity index is 730. The Morgan fingerprint density at radius 3 is 1.94 bits per heavy atom. The fourth-order valence-electron chi connectivity index (χ4n) is 2.70. The zero-order valence-corrected chi connectivity index (χ0v) is 21.9. The van der Waals surface area contributed by atoms with Crippen LogP contribution >= 0.6 is 15.9 Å². The number of hydrogen-bond acceptors (Lipinski definition) is 2. The Hall–Kier alpha value is -1.17. The van der Waals surface area contributed by atoms with E-state index in [9.17, 15) is 18.0 Å². The summed E-state index contributed by atoms with van der Waals surface area (Å²) in [6, 6.07) is 2.70. The molecule has 0 heterocycles. The number of Topliss-reactive ketones (excluding diaryl/α,β-unsaturated/α-hetero) is 1. The van der Waals surface area contributed by atoms with Crippen LogP contribution in [0.4, 0.5) is 18.9 Å². The van der Waals surface area contributed by atoms with Crippen molar-refractivity contribution in [2.24, 2.45) is 16.3 Å². The number of aliphatic imine (C=N–C) groups is 1. The quantitative estimate of drug-likeness (QED) is 0.374. The minimum absolute atomic E-state index is 0.0139. The molecule has 178 valence electrons. The molecule has 0 N–H and O–H groups in total. The SMILES string of the molecule is CC1CCC1.CCC(=O)CC(C)(C)C.CCC(C)=Nc1c(C)cc(Br)cc1C(F)(F)F. The van der Waals surface area contributed by atoms with E-state index in [1.807, 2.05) is 13.8 Å². The summed E-state index contributed by atoms with van der Waals surface area (Å²) < 4.78 is 39.0. The van der Waals surface area contributed by atoms with Gasteiger partial charge in [0, 0.05) is 23.0 Å². The summed E-state index contributed by atoms with van der Waals surface area (Å²) in [6.45, 7) is 15.7. The van der Waals surface area contributed by atoms with E-state index in [2.05, 4.69) is 48.6 Å². The first-order chi connectivity index (χ1) is 14.1. The van der Waals surface area contributed by atoms with E-state index < -0.39 is 11.7 Å². The zero-order valence-electron chi connectivity index (χ0n) is 20.3. The zero-order chi connectivity index (χ0) is 24.4. The molecule has 1 aromatic carbocycles. The Labute approximate surface area is 195 Å². The molecule has 6 heteroatoms. The summed E-state index contributed by atoms with van der Waals surface area (Å²) in [5.41, 5.74) is 0.685. The van der Waals surface area contributed by atoms with Gasteiger partial charge in [0.25, 0.3) is 0 Å². The third kappa shape index (κ3) is 13.1. The molecule has 0 amide bonds. The van der Waals surface area contributed by atoms with Crippen LogP contribution in [-0.2, 0) is 11.0 Å². The number of nitrogens with zero attached hydrogens (tertiary/aromatic N) is 1. The van der Waals surface area contributed by atoms with Gasteiger partial charge >= 0.3 is 6.18 Å². The van der Waals surface area contributed by atoms with Crippen molar-refractivity contribution in [1.29, 1.82) is 0 Å². The van der Waals surface area contributed by atoms with Crippen molar-refractivity contribution in [3.63, 3.8) is 0 Å². The standard InChI is InChI=1S/C12H13BrF3N.C8H16O.C5H10/c1-4-8(3)17-11-7(2)5-9(13)6-10(11)12(14,15)16;1-5-7(9)6-8(2,3)4;1-5-3-2-4-5/h5-6H,4H2,1-3H3;5-6H2,1-4H3;5H,2-4H2,1H3. The number of aryl methyl sites for hydroxylation is 1. The monoisotopic (exact) mass is 505 g/mol. The van der Waals surface area contributed by atoms with Gasteiger partial charge in [-0.3, -0.25) is 9.79 Å². The molecule has 0 saturated heterocycles. The molecule has 0 atom stereocenters. The maximum atomic E-state index is 12.9. The van der Waals surface area contributed by atoms with Crippen LogP contribution in [0.3, 0.4) is 0 Å². The summed E-state index contributed by atoms with van der Waals surface area (Å²) in [5.74, 6) is 1.43. The highest BCUT2D eigenvalue weighted by atomic mass is 79.9. The number of carbonyl (C=O) groups excluding carboxylic acids is 1. The Kier molecular flexibility index (Phi) is 12.9. The van der Waals surface area contributed by atoms with Crippen LogP contribution in [0.1, 0.15) is 98.1 Å². The van der Waals surface area contributed by atoms with Gasteiger partial charge in [-0.05, 0) is 49.3 Å². The second-order valence-electron chi connectivity index (χ2n) is 9.48. The lowest BCUT2D eigenvalue weighted by Gasteiger charge is -2.18. The predicted molar refractivity (Wildman–Crippen MR) is 129 cm³/mol. The van der Waals surface area contributed by atoms with E-state index in [4.69, 9.17) is 0 Å². The van der Waals surface area contributed by atoms with E-state index in [1.54, 1.807) is 19.9 Å². The van der Waals surface area contributed by atoms with Gasteiger partial charge < -0.3 is 0 Å². The van der Waals surface area contributed by atoms with Crippen molar-refractivity contribution in [3.8, 4) is 0 Å². The molecule has 0 spiro atoms. The Morgan fingerprint density at radius 2 is 1.65 bits per heavy atom. The van der Waals surface area contributed by atoms with Crippen LogP contribution < -0.4 is 0 Å². The molecule has 1 fully saturated rings. The summed E-state index contributed by atoms with van der Waals surface area (Å²) in [5, 5.41) is 0. The highest BCUT2D eigenvalue weighted by Crippen LogP contribution is 2.40. The number of rotatable bonds is 4. The number of hydrogen-bond donors (Lipinski definition) is 0. The van der Waals surface area contributed by atoms with Gasteiger partial charge in [-0.1, -0.05) is 76.7 Å². The van der Waals surface area contributed by atoms with Crippen molar-refractivity contribution < 1.29 is 18.0 Å². The highest BCUT2D eigenvalue weighted by Gasteiger charge is 2.34. The van der Waals surface area contributed by atoms with Crippen LogP contribution in [0.2, 0.25) is 0 Å². The molecule has 2 nitrogen and oxygen atoms in total. The molecular weight excluding hydrogens is 467 g/mol. The van der Waals surface area contributed by atoms with E-state index in [-0.39, 0.29) is 11.1 Å². The number of halogens is 4. The Morgan fingerprint density at radius 1 is 1.13 bits per heavy atom. The predicted octanol–water partition coefficient (Wildman–Crippen LogP) is 9.49. The fourth-order valence-corrected chi connectivity index (χ4v) is 3.27. The molecule has 31 heavy (non-hydrogen) atoms. The first-order valence-corrected chi connectivity index (χ1v) is 11.8. The number of alkyl halides is 3. The first-order valence-electron chi connectivity index (χ1n) is 11.0. The van der Waals surface area contributed by atoms with E-state index in [0.29, 0.717) is 40.8 Å². The number of carbonyl (C=O) groups is 1. The molecule has 2 rings (SSSR count). The molecule has 1 aliphatic carbocycles. The Balaban J connectivity index is 0.000000531. The largest absolute Gasteiger partial charge is 0.418 e. The molecule has 0 bridgehead atoms.